The molecular weight excluding hydrogens is 449 g/mol. The van der Waals surface area contributed by atoms with Crippen molar-refractivity contribution in [3.05, 3.63) is 66.0 Å². The minimum Gasteiger partial charge on any atom is -0.463 e. The van der Waals surface area contributed by atoms with E-state index < -0.39 is 6.10 Å². The van der Waals surface area contributed by atoms with Crippen LogP contribution >= 0.6 is 0 Å². The second-order valence-corrected chi connectivity index (χ2v) is 8.50. The number of rotatable bonds is 13. The summed E-state index contributed by atoms with van der Waals surface area (Å²) in [4.78, 5) is 13.8. The first-order valence-corrected chi connectivity index (χ1v) is 12.0. The van der Waals surface area contributed by atoms with E-state index in [4.69, 9.17) is 14.6 Å². The summed E-state index contributed by atoms with van der Waals surface area (Å²) in [6.07, 6.45) is 1.10. The van der Waals surface area contributed by atoms with E-state index in [9.17, 15) is 14.3 Å². The molecule has 0 spiro atoms. The fourth-order valence-electron chi connectivity index (χ4n) is 3.86. The zero-order chi connectivity index (χ0) is 25.2. The average Bonchev–Trinajstić information content (AvgIpc) is 3.15. The van der Waals surface area contributed by atoms with Crippen LogP contribution in [0.3, 0.4) is 0 Å². The predicted molar refractivity (Wildman–Crippen MR) is 133 cm³/mol. The summed E-state index contributed by atoms with van der Waals surface area (Å²) in [5.41, 5.74) is 2.57. The number of benzene rings is 2. The quantitative estimate of drug-likeness (QED) is 0.347. The van der Waals surface area contributed by atoms with Crippen LogP contribution in [0.1, 0.15) is 38.7 Å². The maximum Gasteiger partial charge on any atom is 0.305 e. The maximum absolute atomic E-state index is 13.4. The van der Waals surface area contributed by atoms with Gasteiger partial charge in [0.25, 0.3) is 0 Å². The molecule has 3 aromatic rings. The van der Waals surface area contributed by atoms with Gasteiger partial charge in [-0.25, -0.2) is 9.07 Å². The van der Waals surface area contributed by atoms with Gasteiger partial charge in [0.05, 0.1) is 5.56 Å². The third-order valence-electron chi connectivity index (χ3n) is 5.44. The molecule has 0 bridgehead atoms. The van der Waals surface area contributed by atoms with E-state index in [0.717, 1.165) is 29.8 Å². The van der Waals surface area contributed by atoms with E-state index in [-0.39, 0.29) is 18.4 Å². The molecular formula is C27H34FN3O4. The highest BCUT2D eigenvalue weighted by Crippen LogP contribution is 2.34. The fraction of sp³-hybridized carbons (Fsp3) is 0.407. The number of nitrogens with zero attached hydrogens (tertiary/aromatic N) is 3. The normalized spacial score (nSPS) is 12.1. The first-order valence-electron chi connectivity index (χ1n) is 12.0. The van der Waals surface area contributed by atoms with Crippen LogP contribution in [0.15, 0.2) is 54.6 Å². The van der Waals surface area contributed by atoms with Gasteiger partial charge >= 0.3 is 5.97 Å². The molecule has 0 fully saturated rings. The highest BCUT2D eigenvalue weighted by atomic mass is 19.1. The van der Waals surface area contributed by atoms with Crippen molar-refractivity contribution in [3.8, 4) is 22.9 Å². The van der Waals surface area contributed by atoms with Gasteiger partial charge in [0.1, 0.15) is 30.0 Å². The Kier molecular flexibility index (Phi) is 9.81. The van der Waals surface area contributed by atoms with Crippen LogP contribution in [0.2, 0.25) is 0 Å². The van der Waals surface area contributed by atoms with E-state index in [2.05, 4.69) is 11.8 Å². The second-order valence-electron chi connectivity index (χ2n) is 8.50. The molecule has 1 heterocycles. The first-order chi connectivity index (χ1) is 16.9. The van der Waals surface area contributed by atoms with Crippen molar-refractivity contribution in [2.75, 3.05) is 19.7 Å². The third kappa shape index (κ3) is 7.63. The summed E-state index contributed by atoms with van der Waals surface area (Å²) in [7, 11) is 1.81. The van der Waals surface area contributed by atoms with Gasteiger partial charge in [-0.1, -0.05) is 44.2 Å². The van der Waals surface area contributed by atoms with Gasteiger partial charge in [0.15, 0.2) is 0 Å². The van der Waals surface area contributed by atoms with Gasteiger partial charge in [0, 0.05) is 32.1 Å². The summed E-state index contributed by atoms with van der Waals surface area (Å²) in [5, 5.41) is 15.3. The third-order valence-corrected chi connectivity index (χ3v) is 5.44. The Morgan fingerprint density at radius 1 is 1.11 bits per heavy atom. The predicted octanol–water partition coefficient (Wildman–Crippen LogP) is 4.93. The number of carbonyl (C=O) groups excluding carboxylic acids is 1. The number of hydrogen-bond acceptors (Lipinski definition) is 6. The number of halogens is 1. The Morgan fingerprint density at radius 2 is 1.83 bits per heavy atom. The molecule has 2 aromatic carbocycles. The number of aliphatic hydroxyl groups is 1. The van der Waals surface area contributed by atoms with Crippen molar-refractivity contribution in [1.29, 1.82) is 0 Å². The smallest absolute Gasteiger partial charge is 0.305 e. The van der Waals surface area contributed by atoms with Crippen molar-refractivity contribution >= 4 is 5.97 Å². The van der Waals surface area contributed by atoms with Gasteiger partial charge in [-0.2, -0.15) is 5.10 Å². The van der Waals surface area contributed by atoms with Crippen molar-refractivity contribution in [1.82, 2.24) is 14.7 Å². The largest absolute Gasteiger partial charge is 0.463 e. The second kappa shape index (κ2) is 13.0. The fourth-order valence-corrected chi connectivity index (χ4v) is 3.86. The number of aliphatic hydroxyl groups excluding tert-OH is 1. The summed E-state index contributed by atoms with van der Waals surface area (Å²) in [6, 6.07) is 15.7. The van der Waals surface area contributed by atoms with Crippen molar-refractivity contribution < 1.29 is 23.8 Å². The lowest BCUT2D eigenvalue weighted by Crippen LogP contribution is -2.35. The van der Waals surface area contributed by atoms with E-state index in [1.807, 2.05) is 37.3 Å². The van der Waals surface area contributed by atoms with Crippen LogP contribution in [-0.2, 0) is 23.1 Å². The average molecular weight is 484 g/mol. The zero-order valence-corrected chi connectivity index (χ0v) is 20.6. The van der Waals surface area contributed by atoms with Crippen LogP contribution in [0, 0.1) is 5.82 Å². The molecule has 0 saturated carbocycles. The minimum atomic E-state index is -0.819. The highest BCUT2D eigenvalue weighted by molar-refractivity contribution is 5.69. The summed E-state index contributed by atoms with van der Waals surface area (Å²) in [6.45, 7) is 5.44. The van der Waals surface area contributed by atoms with Gasteiger partial charge in [0.2, 0.25) is 5.88 Å². The lowest BCUT2D eigenvalue weighted by Gasteiger charge is -2.25. The number of hydrogen-bond donors (Lipinski definition) is 1. The molecule has 0 unspecified atom stereocenters. The van der Waals surface area contributed by atoms with Gasteiger partial charge < -0.3 is 14.6 Å². The molecule has 35 heavy (non-hydrogen) atoms. The Labute approximate surface area is 206 Å². The van der Waals surface area contributed by atoms with Crippen molar-refractivity contribution in [3.63, 3.8) is 0 Å². The number of aromatic nitrogens is 2. The molecule has 0 aliphatic heterocycles. The van der Waals surface area contributed by atoms with Gasteiger partial charge in [-0.3, -0.25) is 9.69 Å². The molecule has 0 saturated heterocycles. The molecule has 0 aliphatic carbocycles. The lowest BCUT2D eigenvalue weighted by molar-refractivity contribution is -0.147. The Balaban J connectivity index is 1.87. The minimum absolute atomic E-state index is 0.0451. The molecule has 188 valence electrons. The number of esters is 1. The summed E-state index contributed by atoms with van der Waals surface area (Å²) >= 11 is 0. The molecule has 1 atom stereocenters. The van der Waals surface area contributed by atoms with Gasteiger partial charge in [-0.05, 0) is 43.7 Å². The van der Waals surface area contributed by atoms with E-state index in [0.29, 0.717) is 37.6 Å². The van der Waals surface area contributed by atoms with E-state index in [1.54, 1.807) is 23.9 Å². The van der Waals surface area contributed by atoms with Crippen LogP contribution in [0.25, 0.3) is 11.3 Å². The SMILES string of the molecule is CCCC(=O)OC[C@@H](O)CN(CCC)Cc1c(-c2ccccc2)nn(C)c1Oc1ccc(F)cc1. The summed E-state index contributed by atoms with van der Waals surface area (Å²) in [5.74, 6) is 0.401. The molecule has 7 nitrogen and oxygen atoms in total. The zero-order valence-electron chi connectivity index (χ0n) is 20.6. The molecule has 0 aliphatic rings. The number of ether oxygens (including phenoxy) is 2. The van der Waals surface area contributed by atoms with Crippen molar-refractivity contribution in [2.24, 2.45) is 7.05 Å². The topological polar surface area (TPSA) is 76.8 Å². The van der Waals surface area contributed by atoms with Crippen LogP contribution in [-0.4, -0.2) is 51.6 Å². The molecule has 0 radical (unpaired) electrons. The molecule has 1 aromatic heterocycles. The van der Waals surface area contributed by atoms with Crippen molar-refractivity contribution in [2.45, 2.75) is 45.8 Å². The van der Waals surface area contributed by atoms with Crippen LogP contribution in [0.4, 0.5) is 4.39 Å². The Morgan fingerprint density at radius 3 is 2.49 bits per heavy atom. The standard InChI is InChI=1S/C27H34FN3O4/c1-4-9-25(33)34-19-22(32)17-31(16-5-2)18-24-26(20-10-7-6-8-11-20)29-30(3)27(24)35-23-14-12-21(28)13-15-23/h6-8,10-15,22,32H,4-5,9,16-19H2,1-3H3/t22-/m0/s1. The number of carbonyl (C=O) groups is 1. The molecule has 8 heteroatoms. The maximum atomic E-state index is 13.4. The van der Waals surface area contributed by atoms with E-state index >= 15 is 0 Å². The highest BCUT2D eigenvalue weighted by Gasteiger charge is 2.23. The lowest BCUT2D eigenvalue weighted by atomic mass is 10.1. The van der Waals surface area contributed by atoms with Crippen LogP contribution < -0.4 is 4.74 Å². The summed E-state index contributed by atoms with van der Waals surface area (Å²) < 4.78 is 26.4. The monoisotopic (exact) mass is 483 g/mol. The molecule has 1 N–H and O–H groups in total. The first kappa shape index (κ1) is 26.4. The number of aryl methyl sites for hydroxylation is 1. The van der Waals surface area contributed by atoms with Gasteiger partial charge in [-0.15, -0.1) is 0 Å². The Bertz CT molecular complexity index is 1070. The molecule has 0 amide bonds. The molecule has 3 rings (SSSR count). The van der Waals surface area contributed by atoms with Crippen LogP contribution in [0.5, 0.6) is 11.6 Å². The van der Waals surface area contributed by atoms with E-state index in [1.165, 1.54) is 12.1 Å². The Hall–Kier alpha value is -3.23.